The maximum absolute atomic E-state index is 12.3. The maximum atomic E-state index is 12.3. The third kappa shape index (κ3) is 3.92. The molecule has 0 aliphatic carbocycles. The number of amides is 1. The number of hydrogen-bond acceptors (Lipinski definition) is 5. The van der Waals surface area contributed by atoms with Crippen molar-refractivity contribution in [1.29, 1.82) is 0 Å². The normalized spacial score (nSPS) is 14.9. The second-order valence-corrected chi connectivity index (χ2v) is 5.20. The van der Waals surface area contributed by atoms with E-state index in [0.717, 1.165) is 12.1 Å². The molecule has 1 aromatic carbocycles. The Morgan fingerprint density at radius 2 is 1.92 bits per heavy atom. The highest BCUT2D eigenvalue weighted by molar-refractivity contribution is 5.95. The number of hydrogen-bond donors (Lipinski definition) is 1. The summed E-state index contributed by atoms with van der Waals surface area (Å²) >= 11 is 0. The first-order chi connectivity index (χ1) is 11.4. The number of carbonyl (C=O) groups is 1. The summed E-state index contributed by atoms with van der Waals surface area (Å²) in [6.07, 6.45) is -1.59. The van der Waals surface area contributed by atoms with Crippen LogP contribution in [-0.4, -0.2) is 46.3 Å². The SMILES string of the molecule is O=C(c1cccc(OC(F)(F)F)c1)N1CC(Nc2ncccn2)C1. The minimum absolute atomic E-state index is 0.00552. The summed E-state index contributed by atoms with van der Waals surface area (Å²) < 4.78 is 40.5. The van der Waals surface area contributed by atoms with Crippen molar-refractivity contribution in [2.75, 3.05) is 18.4 Å². The van der Waals surface area contributed by atoms with E-state index in [0.29, 0.717) is 19.0 Å². The van der Waals surface area contributed by atoms with Crippen LogP contribution in [0.4, 0.5) is 19.1 Å². The summed E-state index contributed by atoms with van der Waals surface area (Å²) in [4.78, 5) is 21.8. The molecule has 1 N–H and O–H groups in total. The summed E-state index contributed by atoms with van der Waals surface area (Å²) in [6.45, 7) is 0.836. The molecular weight excluding hydrogens is 325 g/mol. The number of alkyl halides is 3. The van der Waals surface area contributed by atoms with Crippen molar-refractivity contribution in [1.82, 2.24) is 14.9 Å². The lowest BCUT2D eigenvalue weighted by Crippen LogP contribution is -2.57. The summed E-state index contributed by atoms with van der Waals surface area (Å²) in [5, 5.41) is 3.07. The highest BCUT2D eigenvalue weighted by Gasteiger charge is 2.33. The van der Waals surface area contributed by atoms with Crippen molar-refractivity contribution in [3.8, 4) is 5.75 Å². The Balaban J connectivity index is 1.57. The van der Waals surface area contributed by atoms with Crippen LogP contribution in [0.5, 0.6) is 5.75 Å². The van der Waals surface area contributed by atoms with E-state index >= 15 is 0 Å². The monoisotopic (exact) mass is 338 g/mol. The topological polar surface area (TPSA) is 67.3 Å². The van der Waals surface area contributed by atoms with Gasteiger partial charge in [0, 0.05) is 31.0 Å². The molecule has 3 rings (SSSR count). The minimum Gasteiger partial charge on any atom is -0.406 e. The standard InChI is InChI=1S/C15H13F3N4O2/c16-15(17,18)24-12-4-1-3-10(7-12)13(23)22-8-11(9-22)21-14-19-5-2-6-20-14/h1-7,11H,8-9H2,(H,19,20,21). The second-order valence-electron chi connectivity index (χ2n) is 5.20. The van der Waals surface area contributed by atoms with Crippen LogP contribution < -0.4 is 10.1 Å². The lowest BCUT2D eigenvalue weighted by molar-refractivity contribution is -0.274. The number of ether oxygens (including phenoxy) is 1. The summed E-state index contributed by atoms with van der Waals surface area (Å²) in [6, 6.07) is 6.73. The maximum Gasteiger partial charge on any atom is 0.573 e. The molecule has 1 fully saturated rings. The number of halogens is 3. The van der Waals surface area contributed by atoms with Gasteiger partial charge in [0.25, 0.3) is 5.91 Å². The Morgan fingerprint density at radius 1 is 1.21 bits per heavy atom. The molecule has 6 nitrogen and oxygen atoms in total. The molecule has 1 aliphatic heterocycles. The molecule has 1 saturated heterocycles. The van der Waals surface area contributed by atoms with Crippen LogP contribution in [0.1, 0.15) is 10.4 Å². The molecule has 0 saturated carbocycles. The smallest absolute Gasteiger partial charge is 0.406 e. The number of anilines is 1. The van der Waals surface area contributed by atoms with Crippen LogP contribution in [0.25, 0.3) is 0 Å². The van der Waals surface area contributed by atoms with Gasteiger partial charge in [-0.15, -0.1) is 13.2 Å². The lowest BCUT2D eigenvalue weighted by atomic mass is 10.1. The third-order valence-electron chi connectivity index (χ3n) is 3.38. The number of likely N-dealkylation sites (tertiary alicyclic amines) is 1. The Kier molecular flexibility index (Phi) is 4.24. The quantitative estimate of drug-likeness (QED) is 0.927. The van der Waals surface area contributed by atoms with Crippen molar-refractivity contribution in [3.63, 3.8) is 0 Å². The van der Waals surface area contributed by atoms with Crippen LogP contribution in [0.2, 0.25) is 0 Å². The van der Waals surface area contributed by atoms with E-state index in [1.807, 2.05) is 0 Å². The van der Waals surface area contributed by atoms with Crippen LogP contribution in [0.15, 0.2) is 42.7 Å². The Bertz CT molecular complexity index is 718. The first-order valence-corrected chi connectivity index (χ1v) is 7.09. The zero-order chi connectivity index (χ0) is 17.2. The van der Waals surface area contributed by atoms with E-state index in [-0.39, 0.29) is 17.5 Å². The van der Waals surface area contributed by atoms with E-state index in [9.17, 15) is 18.0 Å². The number of aromatic nitrogens is 2. The second kappa shape index (κ2) is 6.34. The molecule has 0 bridgehead atoms. The molecule has 1 aliphatic rings. The molecule has 2 aromatic rings. The van der Waals surface area contributed by atoms with E-state index in [1.165, 1.54) is 17.0 Å². The van der Waals surface area contributed by atoms with Gasteiger partial charge in [-0.25, -0.2) is 9.97 Å². The van der Waals surface area contributed by atoms with Crippen molar-refractivity contribution >= 4 is 11.9 Å². The summed E-state index contributed by atoms with van der Waals surface area (Å²) in [5.41, 5.74) is 0.145. The van der Waals surface area contributed by atoms with Crippen LogP contribution in [0, 0.1) is 0 Å². The van der Waals surface area contributed by atoms with Crippen molar-refractivity contribution in [3.05, 3.63) is 48.3 Å². The molecule has 1 amide bonds. The van der Waals surface area contributed by atoms with Crippen molar-refractivity contribution in [2.45, 2.75) is 12.4 Å². The van der Waals surface area contributed by atoms with E-state index in [1.54, 1.807) is 18.5 Å². The minimum atomic E-state index is -4.79. The zero-order valence-electron chi connectivity index (χ0n) is 12.3. The van der Waals surface area contributed by atoms with Crippen LogP contribution >= 0.6 is 0 Å². The number of benzene rings is 1. The van der Waals surface area contributed by atoms with Crippen LogP contribution in [-0.2, 0) is 0 Å². The van der Waals surface area contributed by atoms with Gasteiger partial charge >= 0.3 is 6.36 Å². The van der Waals surface area contributed by atoms with Gasteiger partial charge in [-0.3, -0.25) is 4.79 Å². The van der Waals surface area contributed by atoms with Crippen LogP contribution in [0.3, 0.4) is 0 Å². The first kappa shape index (κ1) is 16.0. The zero-order valence-corrected chi connectivity index (χ0v) is 12.3. The molecule has 24 heavy (non-hydrogen) atoms. The fourth-order valence-electron chi connectivity index (χ4n) is 2.30. The molecule has 0 radical (unpaired) electrons. The van der Waals surface area contributed by atoms with E-state index in [4.69, 9.17) is 0 Å². The molecular formula is C15H13F3N4O2. The number of nitrogens with zero attached hydrogens (tertiary/aromatic N) is 3. The lowest BCUT2D eigenvalue weighted by Gasteiger charge is -2.39. The average molecular weight is 338 g/mol. The fourth-order valence-corrected chi connectivity index (χ4v) is 2.30. The number of rotatable bonds is 4. The van der Waals surface area contributed by atoms with E-state index < -0.39 is 12.1 Å². The Hall–Kier alpha value is -2.84. The summed E-state index contributed by atoms with van der Waals surface area (Å²) in [5.74, 6) is -0.300. The van der Waals surface area contributed by atoms with Gasteiger partial charge in [-0.1, -0.05) is 6.07 Å². The van der Waals surface area contributed by atoms with E-state index in [2.05, 4.69) is 20.0 Å². The Labute approximate surface area is 135 Å². The van der Waals surface area contributed by atoms with Gasteiger partial charge in [0.15, 0.2) is 0 Å². The fraction of sp³-hybridized carbons (Fsp3) is 0.267. The largest absolute Gasteiger partial charge is 0.573 e. The predicted octanol–water partition coefficient (Wildman–Crippen LogP) is 2.31. The molecule has 126 valence electrons. The molecule has 0 spiro atoms. The van der Waals surface area contributed by atoms with Crippen molar-refractivity contribution in [2.24, 2.45) is 0 Å². The van der Waals surface area contributed by atoms with Crippen molar-refractivity contribution < 1.29 is 22.7 Å². The summed E-state index contributed by atoms with van der Waals surface area (Å²) in [7, 11) is 0. The number of nitrogens with one attached hydrogen (secondary N) is 1. The molecule has 9 heteroatoms. The predicted molar refractivity (Wildman–Crippen MR) is 78.5 cm³/mol. The van der Waals surface area contributed by atoms with Gasteiger partial charge in [0.2, 0.25) is 5.95 Å². The highest BCUT2D eigenvalue weighted by Crippen LogP contribution is 2.24. The molecule has 1 aromatic heterocycles. The van der Waals surface area contributed by atoms with Gasteiger partial charge in [-0.2, -0.15) is 0 Å². The average Bonchev–Trinajstić information content (AvgIpc) is 2.49. The molecule has 2 heterocycles. The molecule has 0 atom stereocenters. The van der Waals surface area contributed by atoms with Gasteiger partial charge in [-0.05, 0) is 24.3 Å². The van der Waals surface area contributed by atoms with Gasteiger partial charge in [0.1, 0.15) is 5.75 Å². The first-order valence-electron chi connectivity index (χ1n) is 7.09. The van der Waals surface area contributed by atoms with Gasteiger partial charge < -0.3 is 15.0 Å². The third-order valence-corrected chi connectivity index (χ3v) is 3.38. The Morgan fingerprint density at radius 3 is 2.58 bits per heavy atom. The highest BCUT2D eigenvalue weighted by atomic mass is 19.4. The van der Waals surface area contributed by atoms with Gasteiger partial charge in [0.05, 0.1) is 6.04 Å². The molecule has 0 unspecified atom stereocenters. The number of carbonyl (C=O) groups excluding carboxylic acids is 1.